The number of halogens is 2. The fourth-order valence-electron chi connectivity index (χ4n) is 1.23. The molecule has 2 rings (SSSR count). The highest BCUT2D eigenvalue weighted by molar-refractivity contribution is 9.10. The Hall–Kier alpha value is -1.47. The lowest BCUT2D eigenvalue weighted by Gasteiger charge is -2.01. The molecule has 0 unspecified atom stereocenters. The number of carbonyl (C=O) groups is 1. The number of aromatic nitrogens is 2. The lowest BCUT2D eigenvalue weighted by Crippen LogP contribution is -2.01. The topological polar surface area (TPSA) is 78.1 Å². The average molecular weight is 417 g/mol. The lowest BCUT2D eigenvalue weighted by molar-refractivity contribution is -0.131. The van der Waals surface area contributed by atoms with E-state index in [1.54, 1.807) is 12.3 Å². The first-order valence-corrected chi connectivity index (χ1v) is 7.56. The largest absolute Gasteiger partial charge is 0.425 e. The summed E-state index contributed by atoms with van der Waals surface area (Å²) in [5, 5.41) is 0. The molecule has 2 aromatic heterocycles. The molecule has 2 aromatic rings. The third kappa shape index (κ3) is 6.22. The molecule has 2 heterocycles. The molecule has 0 spiro atoms. The smallest absolute Gasteiger partial charge is 0.308 e. The van der Waals surface area contributed by atoms with Gasteiger partial charge in [-0.05, 0) is 57.8 Å². The second-order valence-corrected chi connectivity index (χ2v) is 5.88. The van der Waals surface area contributed by atoms with Crippen LogP contribution in [-0.2, 0) is 4.79 Å². The Bertz CT molecular complexity index is 648. The molecule has 0 bridgehead atoms. The Balaban J connectivity index is 0.000000219. The summed E-state index contributed by atoms with van der Waals surface area (Å²) < 4.78 is 6.61. The molecule has 0 atom stereocenters. The van der Waals surface area contributed by atoms with Gasteiger partial charge in [0.15, 0.2) is 0 Å². The van der Waals surface area contributed by atoms with Crippen molar-refractivity contribution in [3.63, 3.8) is 0 Å². The summed E-state index contributed by atoms with van der Waals surface area (Å²) in [6, 6.07) is 3.55. The van der Waals surface area contributed by atoms with Crippen molar-refractivity contribution in [1.29, 1.82) is 0 Å². The quantitative estimate of drug-likeness (QED) is 0.715. The number of nitrogens with two attached hydrogens (primary N) is 1. The van der Waals surface area contributed by atoms with E-state index in [1.807, 2.05) is 19.9 Å². The van der Waals surface area contributed by atoms with E-state index in [-0.39, 0.29) is 5.97 Å². The zero-order chi connectivity index (χ0) is 16.0. The molecular formula is C14H15Br2N3O2. The molecule has 5 nitrogen and oxygen atoms in total. The number of aryl methyl sites for hydroxylation is 2. The Morgan fingerprint density at radius 1 is 1.10 bits per heavy atom. The van der Waals surface area contributed by atoms with Crippen LogP contribution >= 0.6 is 31.9 Å². The van der Waals surface area contributed by atoms with Crippen molar-refractivity contribution in [3.8, 4) is 5.75 Å². The summed E-state index contributed by atoms with van der Waals surface area (Å²) in [6.07, 6.45) is 3.15. The van der Waals surface area contributed by atoms with Crippen LogP contribution in [-0.4, -0.2) is 15.9 Å². The fourth-order valence-corrected chi connectivity index (χ4v) is 1.93. The molecule has 0 amide bonds. The van der Waals surface area contributed by atoms with Crippen molar-refractivity contribution in [2.24, 2.45) is 0 Å². The van der Waals surface area contributed by atoms with Crippen LogP contribution < -0.4 is 10.5 Å². The highest BCUT2D eigenvalue weighted by Gasteiger charge is 2.01. The minimum Gasteiger partial charge on any atom is -0.425 e. The Morgan fingerprint density at radius 2 is 1.62 bits per heavy atom. The molecule has 21 heavy (non-hydrogen) atoms. The second-order valence-electron chi connectivity index (χ2n) is 4.17. The van der Waals surface area contributed by atoms with Crippen LogP contribution in [0.1, 0.15) is 18.3 Å². The third-order valence-corrected chi connectivity index (χ3v) is 3.91. The predicted molar refractivity (Wildman–Crippen MR) is 89.1 cm³/mol. The first-order chi connectivity index (χ1) is 9.79. The van der Waals surface area contributed by atoms with Gasteiger partial charge in [-0.25, -0.2) is 0 Å². The van der Waals surface area contributed by atoms with Crippen molar-refractivity contribution in [3.05, 3.63) is 44.9 Å². The van der Waals surface area contributed by atoms with Crippen LogP contribution in [0, 0.1) is 13.8 Å². The first kappa shape index (κ1) is 17.6. The third-order valence-electron chi connectivity index (χ3n) is 2.31. The number of nitrogen functional groups attached to an aromatic ring is 1. The van der Waals surface area contributed by atoms with Crippen molar-refractivity contribution in [1.82, 2.24) is 9.97 Å². The summed E-state index contributed by atoms with van der Waals surface area (Å²) in [5.41, 5.74) is 7.95. The molecule has 0 fully saturated rings. The minimum absolute atomic E-state index is 0.340. The van der Waals surface area contributed by atoms with Gasteiger partial charge in [-0.15, -0.1) is 0 Å². The number of ether oxygens (including phenoxy) is 1. The van der Waals surface area contributed by atoms with Crippen molar-refractivity contribution < 1.29 is 9.53 Å². The van der Waals surface area contributed by atoms with Crippen LogP contribution in [0.3, 0.4) is 0 Å². The number of nitrogens with zero attached hydrogens (tertiary/aromatic N) is 2. The second kappa shape index (κ2) is 8.09. The summed E-state index contributed by atoms with van der Waals surface area (Å²) in [4.78, 5) is 18.6. The maximum Gasteiger partial charge on any atom is 0.308 e. The van der Waals surface area contributed by atoms with Crippen LogP contribution in [0.15, 0.2) is 33.5 Å². The van der Waals surface area contributed by atoms with Gasteiger partial charge in [0.25, 0.3) is 0 Å². The van der Waals surface area contributed by atoms with Crippen LogP contribution in [0.2, 0.25) is 0 Å². The van der Waals surface area contributed by atoms with Gasteiger partial charge >= 0.3 is 5.97 Å². The summed E-state index contributed by atoms with van der Waals surface area (Å²) in [7, 11) is 0. The number of hydrogen-bond donors (Lipinski definition) is 1. The van der Waals surface area contributed by atoms with E-state index < -0.39 is 0 Å². The fraction of sp³-hybridized carbons (Fsp3) is 0.214. The minimum atomic E-state index is -0.340. The zero-order valence-electron chi connectivity index (χ0n) is 11.9. The van der Waals surface area contributed by atoms with Crippen molar-refractivity contribution >= 4 is 43.5 Å². The molecule has 0 aliphatic rings. The molecule has 0 saturated heterocycles. The van der Waals surface area contributed by atoms with Crippen molar-refractivity contribution in [2.45, 2.75) is 20.8 Å². The summed E-state index contributed by atoms with van der Waals surface area (Å²) in [5.74, 6) is 0.118. The van der Waals surface area contributed by atoms with Gasteiger partial charge in [0.2, 0.25) is 0 Å². The van der Waals surface area contributed by atoms with Gasteiger partial charge < -0.3 is 10.5 Å². The van der Waals surface area contributed by atoms with Crippen LogP contribution in [0.25, 0.3) is 0 Å². The van der Waals surface area contributed by atoms with E-state index in [2.05, 4.69) is 41.8 Å². The molecule has 112 valence electrons. The predicted octanol–water partition coefficient (Wildman–Crippen LogP) is 3.81. The van der Waals surface area contributed by atoms with Gasteiger partial charge in [0.1, 0.15) is 5.75 Å². The van der Waals surface area contributed by atoms with E-state index in [0.717, 1.165) is 20.3 Å². The number of esters is 1. The molecule has 0 radical (unpaired) electrons. The summed E-state index contributed by atoms with van der Waals surface area (Å²) >= 11 is 6.59. The highest BCUT2D eigenvalue weighted by atomic mass is 79.9. The van der Waals surface area contributed by atoms with Crippen LogP contribution in [0.4, 0.5) is 5.69 Å². The first-order valence-electron chi connectivity index (χ1n) is 5.97. The van der Waals surface area contributed by atoms with Gasteiger partial charge in [-0.1, -0.05) is 0 Å². The maximum atomic E-state index is 10.5. The molecule has 0 aliphatic heterocycles. The molecular weight excluding hydrogens is 402 g/mol. The van der Waals surface area contributed by atoms with E-state index in [4.69, 9.17) is 10.5 Å². The lowest BCUT2D eigenvalue weighted by atomic mass is 10.3. The zero-order valence-corrected chi connectivity index (χ0v) is 15.0. The molecule has 2 N–H and O–H groups in total. The number of anilines is 1. The molecule has 0 aliphatic carbocycles. The maximum absolute atomic E-state index is 10.5. The van der Waals surface area contributed by atoms with Crippen molar-refractivity contribution in [2.75, 3.05) is 5.73 Å². The van der Waals surface area contributed by atoms with E-state index in [0.29, 0.717) is 11.4 Å². The molecule has 0 aromatic carbocycles. The summed E-state index contributed by atoms with van der Waals surface area (Å²) in [6.45, 7) is 5.14. The van der Waals surface area contributed by atoms with Gasteiger partial charge in [0.05, 0.1) is 29.5 Å². The number of carbonyl (C=O) groups excluding carboxylic acids is 1. The normalized spacial score (nSPS) is 9.57. The standard InChI is InChI=1S/C8H8BrNO2.C6H7BrN2/c1-5-8(9)3-7(4-10-5)12-6(2)11;1-4-6(7)2-5(8)3-9-4/h3-4H,1-2H3;2-3H,8H2,1H3. The monoisotopic (exact) mass is 415 g/mol. The van der Waals surface area contributed by atoms with Gasteiger partial charge in [-0.3, -0.25) is 14.8 Å². The Kier molecular flexibility index (Phi) is 6.77. The average Bonchev–Trinajstić information content (AvgIpc) is 2.39. The van der Waals surface area contributed by atoms with E-state index >= 15 is 0 Å². The SMILES string of the molecule is CC(=O)Oc1cnc(C)c(Br)c1.Cc1ncc(N)cc1Br. The van der Waals surface area contributed by atoms with E-state index in [1.165, 1.54) is 13.1 Å². The highest BCUT2D eigenvalue weighted by Crippen LogP contribution is 2.19. The Morgan fingerprint density at radius 3 is 2.05 bits per heavy atom. The van der Waals surface area contributed by atoms with Gasteiger partial charge in [-0.2, -0.15) is 0 Å². The van der Waals surface area contributed by atoms with Crippen LogP contribution in [0.5, 0.6) is 5.75 Å². The molecule has 7 heteroatoms. The Labute approximate surface area is 140 Å². The molecule has 0 saturated carbocycles. The van der Waals surface area contributed by atoms with E-state index in [9.17, 15) is 4.79 Å². The van der Waals surface area contributed by atoms with Gasteiger partial charge in [0, 0.05) is 15.9 Å². The number of pyridine rings is 2. The number of rotatable bonds is 1. The number of hydrogen-bond acceptors (Lipinski definition) is 5.